The van der Waals surface area contributed by atoms with Crippen molar-refractivity contribution in [2.75, 3.05) is 39.3 Å². The molecule has 0 saturated carbocycles. The van der Waals surface area contributed by atoms with Gasteiger partial charge in [-0.2, -0.15) is 0 Å². The van der Waals surface area contributed by atoms with Crippen LogP contribution in [0.1, 0.15) is 60.3 Å². The van der Waals surface area contributed by atoms with Gasteiger partial charge in [-0.1, -0.05) is 52.3 Å². The molecule has 4 nitrogen and oxygen atoms in total. The van der Waals surface area contributed by atoms with E-state index in [2.05, 4.69) is 74.0 Å². The lowest BCUT2D eigenvalue weighted by Gasteiger charge is -2.38. The van der Waals surface area contributed by atoms with E-state index in [1.807, 2.05) is 0 Å². The fourth-order valence-corrected chi connectivity index (χ4v) is 4.48. The number of rotatable bonds is 8. The van der Waals surface area contributed by atoms with Crippen molar-refractivity contribution in [3.63, 3.8) is 0 Å². The van der Waals surface area contributed by atoms with Crippen molar-refractivity contribution in [1.29, 1.82) is 0 Å². The normalized spacial score (nSPS) is 22.4. The lowest BCUT2D eigenvalue weighted by molar-refractivity contribution is -0.136. The van der Waals surface area contributed by atoms with Crippen molar-refractivity contribution in [2.24, 2.45) is 11.3 Å². The van der Waals surface area contributed by atoms with Gasteiger partial charge >= 0.3 is 0 Å². The standard InChI is InChI=1S/C24H41N3O/c1-6-9-22(11-10-21(8-3)24(4,5)13-7-2)26-15-17-27(18-16-26)23(28)20-12-14-25-19-20/h8-11,20,25H,6-7,12-19H2,1-5H3/b11-10-,21-8+,22-9-. The maximum atomic E-state index is 12.7. The minimum atomic E-state index is 0.190. The lowest BCUT2D eigenvalue weighted by atomic mass is 9.79. The average Bonchev–Trinajstić information content (AvgIpc) is 3.22. The molecule has 0 radical (unpaired) electrons. The third kappa shape index (κ3) is 5.97. The molecular weight excluding hydrogens is 346 g/mol. The van der Waals surface area contributed by atoms with Gasteiger partial charge in [0.2, 0.25) is 5.91 Å². The molecule has 0 aromatic rings. The Morgan fingerprint density at radius 3 is 2.32 bits per heavy atom. The minimum absolute atomic E-state index is 0.190. The molecule has 0 aromatic heterocycles. The van der Waals surface area contributed by atoms with Gasteiger partial charge in [0.25, 0.3) is 0 Å². The monoisotopic (exact) mass is 387 g/mol. The van der Waals surface area contributed by atoms with Crippen LogP contribution in [0.15, 0.2) is 35.6 Å². The van der Waals surface area contributed by atoms with Crippen LogP contribution in [0.2, 0.25) is 0 Å². The highest BCUT2D eigenvalue weighted by Gasteiger charge is 2.29. The van der Waals surface area contributed by atoms with Crippen LogP contribution in [0, 0.1) is 11.3 Å². The first-order valence-electron chi connectivity index (χ1n) is 11.2. The van der Waals surface area contributed by atoms with Crippen LogP contribution in [0.5, 0.6) is 0 Å². The highest BCUT2D eigenvalue weighted by Crippen LogP contribution is 2.32. The lowest BCUT2D eigenvalue weighted by Crippen LogP contribution is -2.50. The highest BCUT2D eigenvalue weighted by molar-refractivity contribution is 5.79. The van der Waals surface area contributed by atoms with Gasteiger partial charge in [-0.05, 0) is 49.8 Å². The largest absolute Gasteiger partial charge is 0.368 e. The molecule has 28 heavy (non-hydrogen) atoms. The number of carbonyl (C=O) groups is 1. The average molecular weight is 388 g/mol. The van der Waals surface area contributed by atoms with Crippen LogP contribution in [0.4, 0.5) is 0 Å². The van der Waals surface area contributed by atoms with Gasteiger partial charge in [-0.25, -0.2) is 0 Å². The number of allylic oxidation sites excluding steroid dienone is 5. The predicted molar refractivity (Wildman–Crippen MR) is 119 cm³/mol. The van der Waals surface area contributed by atoms with Gasteiger partial charge < -0.3 is 15.1 Å². The Bertz CT molecular complexity index is 589. The molecule has 2 aliphatic rings. The number of nitrogens with zero attached hydrogens (tertiary/aromatic N) is 2. The summed E-state index contributed by atoms with van der Waals surface area (Å²) in [5.41, 5.74) is 2.90. The fourth-order valence-electron chi connectivity index (χ4n) is 4.48. The van der Waals surface area contributed by atoms with E-state index in [0.29, 0.717) is 5.91 Å². The minimum Gasteiger partial charge on any atom is -0.368 e. The van der Waals surface area contributed by atoms with E-state index in [-0.39, 0.29) is 11.3 Å². The van der Waals surface area contributed by atoms with Crippen molar-refractivity contribution in [3.8, 4) is 0 Å². The third-order valence-electron chi connectivity index (χ3n) is 6.18. The number of hydrogen-bond acceptors (Lipinski definition) is 3. The zero-order valence-electron chi connectivity index (χ0n) is 18.8. The van der Waals surface area contributed by atoms with Crippen LogP contribution in [-0.2, 0) is 4.79 Å². The van der Waals surface area contributed by atoms with E-state index in [1.54, 1.807) is 0 Å². The van der Waals surface area contributed by atoms with Crippen molar-refractivity contribution in [3.05, 3.63) is 35.6 Å². The van der Waals surface area contributed by atoms with Crippen LogP contribution in [0.25, 0.3) is 0 Å². The number of nitrogens with one attached hydrogen (secondary N) is 1. The summed E-state index contributed by atoms with van der Waals surface area (Å²) in [6.07, 6.45) is 13.6. The van der Waals surface area contributed by atoms with Crippen LogP contribution in [-0.4, -0.2) is 55.0 Å². The van der Waals surface area contributed by atoms with Crippen molar-refractivity contribution < 1.29 is 4.79 Å². The topological polar surface area (TPSA) is 35.6 Å². The van der Waals surface area contributed by atoms with E-state index in [9.17, 15) is 4.79 Å². The molecule has 2 rings (SSSR count). The molecule has 2 fully saturated rings. The molecule has 1 N–H and O–H groups in total. The Hall–Kier alpha value is -1.55. The fraction of sp³-hybridized carbons (Fsp3) is 0.708. The molecule has 158 valence electrons. The Morgan fingerprint density at radius 2 is 1.79 bits per heavy atom. The Balaban J connectivity index is 1.99. The van der Waals surface area contributed by atoms with Crippen LogP contribution < -0.4 is 5.32 Å². The summed E-state index contributed by atoms with van der Waals surface area (Å²) in [6.45, 7) is 16.6. The second kappa shape index (κ2) is 10.8. The molecule has 1 unspecified atom stereocenters. The van der Waals surface area contributed by atoms with Gasteiger partial charge in [0.1, 0.15) is 0 Å². The molecule has 0 aromatic carbocycles. The first kappa shape index (κ1) is 22.7. The van der Waals surface area contributed by atoms with E-state index < -0.39 is 0 Å². The molecule has 0 spiro atoms. The molecule has 1 atom stereocenters. The second-order valence-corrected chi connectivity index (χ2v) is 8.75. The molecule has 2 saturated heterocycles. The van der Waals surface area contributed by atoms with Crippen molar-refractivity contribution >= 4 is 5.91 Å². The first-order valence-corrected chi connectivity index (χ1v) is 11.2. The summed E-state index contributed by atoms with van der Waals surface area (Å²) in [5, 5.41) is 3.31. The van der Waals surface area contributed by atoms with Gasteiger partial charge in [-0.15, -0.1) is 0 Å². The summed E-state index contributed by atoms with van der Waals surface area (Å²) >= 11 is 0. The SMILES string of the molecule is C\C=C(/C=C\C(=C\CC)N1CCN(C(=O)C2CCNC2)CC1)C(C)(C)CCC. The maximum absolute atomic E-state index is 12.7. The molecule has 1 amide bonds. The third-order valence-corrected chi connectivity index (χ3v) is 6.18. The van der Waals surface area contributed by atoms with Crippen LogP contribution >= 0.6 is 0 Å². The first-order chi connectivity index (χ1) is 13.4. The summed E-state index contributed by atoms with van der Waals surface area (Å²) in [7, 11) is 0. The molecular formula is C24H41N3O. The second-order valence-electron chi connectivity index (χ2n) is 8.75. The van der Waals surface area contributed by atoms with Gasteiger partial charge in [0, 0.05) is 38.4 Å². The molecule has 0 bridgehead atoms. The predicted octanol–water partition coefficient (Wildman–Crippen LogP) is 4.36. The number of hydrogen-bond donors (Lipinski definition) is 1. The zero-order valence-corrected chi connectivity index (χ0v) is 18.8. The van der Waals surface area contributed by atoms with Crippen molar-refractivity contribution in [2.45, 2.75) is 60.3 Å². The molecule has 0 aliphatic carbocycles. The molecule has 2 aliphatic heterocycles. The summed E-state index contributed by atoms with van der Waals surface area (Å²) in [5.74, 6) is 0.536. The smallest absolute Gasteiger partial charge is 0.227 e. The van der Waals surface area contributed by atoms with E-state index in [4.69, 9.17) is 0 Å². The zero-order chi connectivity index (χ0) is 20.6. The Morgan fingerprint density at radius 1 is 1.11 bits per heavy atom. The van der Waals surface area contributed by atoms with E-state index in [1.165, 1.54) is 24.1 Å². The van der Waals surface area contributed by atoms with Crippen LogP contribution in [0.3, 0.4) is 0 Å². The van der Waals surface area contributed by atoms with Gasteiger partial charge in [-0.3, -0.25) is 4.79 Å². The van der Waals surface area contributed by atoms with Gasteiger partial charge in [0.05, 0.1) is 5.92 Å². The van der Waals surface area contributed by atoms with E-state index in [0.717, 1.165) is 52.1 Å². The molecule has 2 heterocycles. The van der Waals surface area contributed by atoms with E-state index >= 15 is 0 Å². The van der Waals surface area contributed by atoms with Gasteiger partial charge in [0.15, 0.2) is 0 Å². The summed E-state index contributed by atoms with van der Waals surface area (Å²) < 4.78 is 0. The summed E-state index contributed by atoms with van der Waals surface area (Å²) in [4.78, 5) is 17.2. The number of piperazine rings is 1. The quantitative estimate of drug-likeness (QED) is 0.629. The number of carbonyl (C=O) groups excluding carboxylic acids is 1. The Kier molecular flexibility index (Phi) is 8.81. The summed E-state index contributed by atoms with van der Waals surface area (Å²) in [6, 6.07) is 0. The maximum Gasteiger partial charge on any atom is 0.227 e. The molecule has 4 heteroatoms. The highest BCUT2D eigenvalue weighted by atomic mass is 16.2. The number of amides is 1. The Labute approximate surface area is 172 Å². The van der Waals surface area contributed by atoms with Crippen molar-refractivity contribution in [1.82, 2.24) is 15.1 Å².